The quantitative estimate of drug-likeness (QED) is 0.378. The van der Waals surface area contributed by atoms with Crippen LogP contribution in [0.2, 0.25) is 0 Å². The first-order valence-corrected chi connectivity index (χ1v) is 8.53. The molecule has 19 heavy (non-hydrogen) atoms. The van der Waals surface area contributed by atoms with Crippen LogP contribution < -0.4 is 16.4 Å². The van der Waals surface area contributed by atoms with Gasteiger partial charge in [-0.25, -0.2) is 0 Å². The predicted octanol–water partition coefficient (Wildman–Crippen LogP) is 3.05. The summed E-state index contributed by atoms with van der Waals surface area (Å²) in [5.41, 5.74) is 5.40. The Morgan fingerprint density at radius 1 is 0.579 bits per heavy atom. The summed E-state index contributed by atoms with van der Waals surface area (Å²) in [4.78, 5) is 0. The van der Waals surface area contributed by atoms with Crippen molar-refractivity contribution in [3.63, 3.8) is 0 Å². The lowest BCUT2D eigenvalue weighted by atomic mass is 10.1. The molecule has 116 valence electrons. The number of rotatable bonds is 16. The normalized spacial score (nSPS) is 11.1. The summed E-state index contributed by atoms with van der Waals surface area (Å²) in [5, 5.41) is 6.75. The molecule has 0 fully saturated rings. The number of hydrogen-bond acceptors (Lipinski definition) is 3. The zero-order chi connectivity index (χ0) is 14.0. The van der Waals surface area contributed by atoms with Crippen molar-refractivity contribution in [2.75, 3.05) is 32.7 Å². The molecule has 0 aliphatic carbocycles. The fourth-order valence-electron chi connectivity index (χ4n) is 2.27. The van der Waals surface area contributed by atoms with Crippen LogP contribution in [0.4, 0.5) is 0 Å². The van der Waals surface area contributed by atoms with E-state index in [1.807, 2.05) is 0 Å². The lowest BCUT2D eigenvalue weighted by Crippen LogP contribution is -2.31. The van der Waals surface area contributed by atoms with E-state index in [2.05, 4.69) is 17.6 Å². The first-order chi connectivity index (χ1) is 9.41. The molecule has 0 aromatic heterocycles. The average molecular weight is 271 g/mol. The molecule has 4 N–H and O–H groups in total. The van der Waals surface area contributed by atoms with Gasteiger partial charge in [-0.2, -0.15) is 0 Å². The maximum atomic E-state index is 5.40. The lowest BCUT2D eigenvalue weighted by Gasteiger charge is -2.06. The van der Waals surface area contributed by atoms with Crippen LogP contribution in [0.3, 0.4) is 0 Å². The maximum absolute atomic E-state index is 5.40. The molecule has 0 spiro atoms. The van der Waals surface area contributed by atoms with Gasteiger partial charge < -0.3 is 16.4 Å². The van der Waals surface area contributed by atoms with Gasteiger partial charge in [0.15, 0.2) is 0 Å². The van der Waals surface area contributed by atoms with Crippen LogP contribution >= 0.6 is 0 Å². The van der Waals surface area contributed by atoms with Crippen molar-refractivity contribution in [3.05, 3.63) is 0 Å². The molecule has 3 heteroatoms. The molecule has 0 bridgehead atoms. The highest BCUT2D eigenvalue weighted by molar-refractivity contribution is 4.53. The second kappa shape index (κ2) is 17.9. The minimum atomic E-state index is 0.735. The average Bonchev–Trinajstić information content (AvgIpc) is 2.43. The highest BCUT2D eigenvalue weighted by Crippen LogP contribution is 2.10. The molecule has 0 aliphatic heterocycles. The number of nitrogens with one attached hydrogen (secondary N) is 2. The molecule has 0 amide bonds. The van der Waals surface area contributed by atoms with Gasteiger partial charge in [-0.15, -0.1) is 0 Å². The van der Waals surface area contributed by atoms with Crippen molar-refractivity contribution in [2.45, 2.75) is 71.1 Å². The lowest BCUT2D eigenvalue weighted by molar-refractivity contribution is 0.539. The van der Waals surface area contributed by atoms with Crippen LogP contribution in [0.25, 0.3) is 0 Å². The van der Waals surface area contributed by atoms with Crippen LogP contribution in [0, 0.1) is 0 Å². The molecule has 0 aromatic carbocycles. The second-order valence-corrected chi connectivity index (χ2v) is 5.47. The number of hydrogen-bond donors (Lipinski definition) is 3. The van der Waals surface area contributed by atoms with Crippen molar-refractivity contribution < 1.29 is 0 Å². The summed E-state index contributed by atoms with van der Waals surface area (Å²) in [6.07, 6.45) is 14.1. The molecule has 0 aromatic rings. The van der Waals surface area contributed by atoms with Crippen LogP contribution in [-0.4, -0.2) is 32.7 Å². The summed E-state index contributed by atoms with van der Waals surface area (Å²) in [7, 11) is 0. The Kier molecular flexibility index (Phi) is 17.8. The zero-order valence-electron chi connectivity index (χ0n) is 13.2. The van der Waals surface area contributed by atoms with E-state index in [1.165, 1.54) is 70.8 Å². The minimum absolute atomic E-state index is 0.735. The van der Waals surface area contributed by atoms with Crippen molar-refractivity contribution in [1.29, 1.82) is 0 Å². The Morgan fingerprint density at radius 2 is 1.05 bits per heavy atom. The molecule has 0 atom stereocenters. The summed E-state index contributed by atoms with van der Waals surface area (Å²) < 4.78 is 0. The van der Waals surface area contributed by atoms with Gasteiger partial charge in [-0.3, -0.25) is 0 Å². The third-order valence-corrected chi connectivity index (χ3v) is 3.51. The largest absolute Gasteiger partial charge is 0.329 e. The van der Waals surface area contributed by atoms with Gasteiger partial charge in [0.2, 0.25) is 0 Å². The zero-order valence-corrected chi connectivity index (χ0v) is 13.2. The smallest absolute Gasteiger partial charge is 0.00772 e. The molecule has 0 aliphatic rings. The van der Waals surface area contributed by atoms with Crippen molar-refractivity contribution in [2.24, 2.45) is 5.73 Å². The minimum Gasteiger partial charge on any atom is -0.329 e. The van der Waals surface area contributed by atoms with Gasteiger partial charge in [0.1, 0.15) is 0 Å². The van der Waals surface area contributed by atoms with E-state index < -0.39 is 0 Å². The third kappa shape index (κ3) is 17.9. The van der Waals surface area contributed by atoms with Crippen LogP contribution in [0.5, 0.6) is 0 Å². The Balaban J connectivity index is 2.88. The van der Waals surface area contributed by atoms with E-state index in [0.717, 1.165) is 26.2 Å². The first-order valence-electron chi connectivity index (χ1n) is 8.53. The summed E-state index contributed by atoms with van der Waals surface area (Å²) in [6, 6.07) is 0. The van der Waals surface area contributed by atoms with E-state index in [9.17, 15) is 0 Å². The van der Waals surface area contributed by atoms with Crippen LogP contribution in [0.15, 0.2) is 0 Å². The monoisotopic (exact) mass is 271 g/mol. The Bertz CT molecular complexity index is 135. The molecular formula is C16H37N3. The molecule has 0 rings (SSSR count). The van der Waals surface area contributed by atoms with E-state index in [-0.39, 0.29) is 0 Å². The Morgan fingerprint density at radius 3 is 1.58 bits per heavy atom. The van der Waals surface area contributed by atoms with Crippen LogP contribution in [0.1, 0.15) is 71.1 Å². The van der Waals surface area contributed by atoms with Gasteiger partial charge in [-0.1, -0.05) is 64.7 Å². The van der Waals surface area contributed by atoms with Gasteiger partial charge >= 0.3 is 0 Å². The number of unbranched alkanes of at least 4 members (excludes halogenated alkanes) is 9. The standard InChI is InChI=1S/C16H37N3/c1-2-3-4-5-6-7-8-9-10-11-13-18-15-16-19-14-12-17/h18-19H,2-17H2,1H3. The summed E-state index contributed by atoms with van der Waals surface area (Å²) >= 11 is 0. The first kappa shape index (κ1) is 18.9. The van der Waals surface area contributed by atoms with Crippen molar-refractivity contribution in [1.82, 2.24) is 10.6 Å². The molecule has 0 unspecified atom stereocenters. The highest BCUT2D eigenvalue weighted by Gasteiger charge is 1.92. The van der Waals surface area contributed by atoms with Crippen molar-refractivity contribution in [3.8, 4) is 0 Å². The maximum Gasteiger partial charge on any atom is 0.00772 e. The Labute approximate surface area is 121 Å². The molecule has 3 nitrogen and oxygen atoms in total. The fraction of sp³-hybridized carbons (Fsp3) is 1.00. The highest BCUT2D eigenvalue weighted by atomic mass is 14.9. The molecule has 0 heterocycles. The van der Waals surface area contributed by atoms with E-state index in [0.29, 0.717) is 0 Å². The second-order valence-electron chi connectivity index (χ2n) is 5.47. The molecule has 0 saturated heterocycles. The number of nitrogens with two attached hydrogens (primary N) is 1. The molecule has 0 saturated carbocycles. The van der Waals surface area contributed by atoms with Crippen molar-refractivity contribution >= 4 is 0 Å². The Hall–Kier alpha value is -0.120. The van der Waals surface area contributed by atoms with E-state index in [4.69, 9.17) is 5.73 Å². The molecule has 0 radical (unpaired) electrons. The predicted molar refractivity (Wildman–Crippen MR) is 86.6 cm³/mol. The van der Waals surface area contributed by atoms with Gasteiger partial charge in [0.25, 0.3) is 0 Å². The van der Waals surface area contributed by atoms with E-state index >= 15 is 0 Å². The summed E-state index contributed by atoms with van der Waals surface area (Å²) in [5.74, 6) is 0. The van der Waals surface area contributed by atoms with Gasteiger partial charge in [-0.05, 0) is 13.0 Å². The van der Waals surface area contributed by atoms with Crippen LogP contribution in [-0.2, 0) is 0 Å². The van der Waals surface area contributed by atoms with Gasteiger partial charge in [0, 0.05) is 26.2 Å². The van der Waals surface area contributed by atoms with E-state index in [1.54, 1.807) is 0 Å². The fourth-order valence-corrected chi connectivity index (χ4v) is 2.27. The molecular weight excluding hydrogens is 234 g/mol. The summed E-state index contributed by atoms with van der Waals surface area (Å²) in [6.45, 7) is 7.22. The topological polar surface area (TPSA) is 50.1 Å². The SMILES string of the molecule is CCCCCCCCCCCCNCCNCCN. The van der Waals surface area contributed by atoms with Gasteiger partial charge in [0.05, 0.1) is 0 Å². The third-order valence-electron chi connectivity index (χ3n) is 3.51.